The molecule has 2 N–H and O–H groups in total. The summed E-state index contributed by atoms with van der Waals surface area (Å²) in [6, 6.07) is 16.1. The van der Waals surface area contributed by atoms with E-state index >= 15 is 0 Å². The molecule has 0 spiro atoms. The lowest BCUT2D eigenvalue weighted by Gasteiger charge is -2.11. The normalized spacial score (nSPS) is 10.3. The molecule has 0 aromatic heterocycles. The van der Waals surface area contributed by atoms with Crippen LogP contribution in [0.25, 0.3) is 0 Å². The van der Waals surface area contributed by atoms with Gasteiger partial charge in [-0.05, 0) is 48.5 Å². The van der Waals surface area contributed by atoms with E-state index in [1.54, 1.807) is 24.3 Å². The van der Waals surface area contributed by atoms with Crippen LogP contribution in [0.15, 0.2) is 66.7 Å². The van der Waals surface area contributed by atoms with Gasteiger partial charge >= 0.3 is 0 Å². The van der Waals surface area contributed by atoms with E-state index in [-0.39, 0.29) is 27.6 Å². The zero-order valence-electron chi connectivity index (χ0n) is 15.3. The summed E-state index contributed by atoms with van der Waals surface area (Å²) in [7, 11) is 0. The summed E-state index contributed by atoms with van der Waals surface area (Å²) in [5, 5.41) is 5.52. The fourth-order valence-corrected chi connectivity index (χ4v) is 2.95. The van der Waals surface area contributed by atoms with Crippen LogP contribution >= 0.6 is 11.6 Å². The fraction of sp³-hybridized carbons (Fsp3) is 0.0455. The van der Waals surface area contributed by atoms with Crippen molar-refractivity contribution < 1.29 is 18.8 Å². The number of hydrogen-bond donors (Lipinski definition) is 2. The molecule has 29 heavy (non-hydrogen) atoms. The Morgan fingerprint density at radius 3 is 2.14 bits per heavy atom. The van der Waals surface area contributed by atoms with E-state index < -0.39 is 17.5 Å². The molecule has 146 valence electrons. The van der Waals surface area contributed by atoms with E-state index in [4.69, 9.17) is 11.6 Å². The quantitative estimate of drug-likeness (QED) is 0.586. The number of benzene rings is 3. The summed E-state index contributed by atoms with van der Waals surface area (Å²) >= 11 is 6.13. The number of anilines is 2. The summed E-state index contributed by atoms with van der Waals surface area (Å²) in [6.45, 7) is 1.36. The zero-order chi connectivity index (χ0) is 21.0. The summed E-state index contributed by atoms with van der Waals surface area (Å²) in [6.07, 6.45) is 0. The number of carbonyl (C=O) groups excluding carboxylic acids is 3. The predicted octanol–water partition coefficient (Wildman–Crippen LogP) is 4.92. The van der Waals surface area contributed by atoms with Crippen LogP contribution in [0.2, 0.25) is 5.02 Å². The molecule has 3 aromatic carbocycles. The van der Waals surface area contributed by atoms with Crippen molar-refractivity contribution in [2.24, 2.45) is 0 Å². The number of carbonyl (C=O) groups is 3. The van der Waals surface area contributed by atoms with Crippen LogP contribution in [0.5, 0.6) is 0 Å². The first-order valence-corrected chi connectivity index (χ1v) is 9.01. The Bertz CT molecular complexity index is 1100. The molecule has 0 fully saturated rings. The first-order chi connectivity index (χ1) is 13.8. The van der Waals surface area contributed by atoms with Gasteiger partial charge in [0.25, 0.3) is 5.91 Å². The molecule has 0 aliphatic rings. The summed E-state index contributed by atoms with van der Waals surface area (Å²) in [5.74, 6) is -1.61. The van der Waals surface area contributed by atoms with Gasteiger partial charge in [0, 0.05) is 23.7 Å². The summed E-state index contributed by atoms with van der Waals surface area (Å²) in [4.78, 5) is 36.7. The van der Waals surface area contributed by atoms with Gasteiger partial charge in [-0.2, -0.15) is 0 Å². The van der Waals surface area contributed by atoms with Gasteiger partial charge in [0.05, 0.1) is 16.3 Å². The molecule has 0 saturated carbocycles. The average molecular weight is 411 g/mol. The molecule has 0 atom stereocenters. The minimum atomic E-state index is -0.501. The van der Waals surface area contributed by atoms with Crippen LogP contribution in [0.3, 0.4) is 0 Å². The Labute approximate surface area is 171 Å². The summed E-state index contributed by atoms with van der Waals surface area (Å²) in [5.41, 5.74) is 1.46. The van der Waals surface area contributed by atoms with Crippen molar-refractivity contribution in [2.75, 3.05) is 10.6 Å². The van der Waals surface area contributed by atoms with Crippen molar-refractivity contribution in [3.8, 4) is 0 Å². The van der Waals surface area contributed by atoms with Gasteiger partial charge in [-0.25, -0.2) is 4.39 Å². The Morgan fingerprint density at radius 1 is 0.862 bits per heavy atom. The van der Waals surface area contributed by atoms with Crippen LogP contribution < -0.4 is 10.6 Å². The number of hydrogen-bond acceptors (Lipinski definition) is 3. The maximum absolute atomic E-state index is 13.1. The van der Waals surface area contributed by atoms with Crippen LogP contribution in [0.1, 0.15) is 33.2 Å². The van der Waals surface area contributed by atoms with E-state index in [1.165, 1.54) is 49.4 Å². The average Bonchev–Trinajstić information content (AvgIpc) is 2.70. The van der Waals surface area contributed by atoms with E-state index in [1.807, 2.05) is 0 Å². The lowest BCUT2D eigenvalue weighted by atomic mass is 9.98. The highest BCUT2D eigenvalue weighted by molar-refractivity contribution is 6.34. The minimum absolute atomic E-state index is 0.170. The molecule has 0 heterocycles. The van der Waals surface area contributed by atoms with Crippen molar-refractivity contribution in [2.45, 2.75) is 6.92 Å². The first kappa shape index (κ1) is 20.2. The molecule has 0 saturated heterocycles. The molecule has 7 heteroatoms. The molecule has 0 bridgehead atoms. The van der Waals surface area contributed by atoms with Gasteiger partial charge in [0.1, 0.15) is 5.82 Å². The highest BCUT2D eigenvalue weighted by Gasteiger charge is 2.18. The van der Waals surface area contributed by atoms with E-state index in [0.717, 1.165) is 0 Å². The van der Waals surface area contributed by atoms with Crippen molar-refractivity contribution in [1.82, 2.24) is 0 Å². The number of halogens is 2. The Morgan fingerprint density at radius 2 is 1.52 bits per heavy atom. The van der Waals surface area contributed by atoms with E-state index in [9.17, 15) is 18.8 Å². The van der Waals surface area contributed by atoms with Crippen LogP contribution in [-0.2, 0) is 4.79 Å². The number of nitrogens with one attached hydrogen (secondary N) is 2. The molecular formula is C22H16ClFN2O3. The second-order valence-corrected chi connectivity index (χ2v) is 6.62. The molecule has 0 aliphatic carbocycles. The third-order valence-electron chi connectivity index (χ3n) is 4.06. The van der Waals surface area contributed by atoms with Crippen LogP contribution in [0.4, 0.5) is 15.8 Å². The Hall–Kier alpha value is -3.51. The fourth-order valence-electron chi connectivity index (χ4n) is 2.72. The maximum atomic E-state index is 13.1. The van der Waals surface area contributed by atoms with Gasteiger partial charge in [-0.3, -0.25) is 14.4 Å². The summed E-state index contributed by atoms with van der Waals surface area (Å²) < 4.78 is 13.1. The lowest BCUT2D eigenvalue weighted by Crippen LogP contribution is -2.17. The maximum Gasteiger partial charge on any atom is 0.256 e. The van der Waals surface area contributed by atoms with Gasteiger partial charge in [-0.15, -0.1) is 0 Å². The second-order valence-electron chi connectivity index (χ2n) is 6.21. The standard InChI is InChI=1S/C22H16ClFN2O3/c1-13(27)25-20-11-10-16(12-19(20)23)26-22(29)18-5-3-2-4-17(18)21(28)14-6-8-15(24)9-7-14/h2-12H,1H3,(H,25,27)(H,26,29). The van der Waals surface area contributed by atoms with Crippen molar-refractivity contribution in [3.63, 3.8) is 0 Å². The van der Waals surface area contributed by atoms with Gasteiger partial charge in [0.15, 0.2) is 5.78 Å². The van der Waals surface area contributed by atoms with Gasteiger partial charge in [-0.1, -0.05) is 29.8 Å². The Balaban J connectivity index is 1.85. The van der Waals surface area contributed by atoms with Crippen molar-refractivity contribution in [1.29, 1.82) is 0 Å². The van der Waals surface area contributed by atoms with Crippen molar-refractivity contribution in [3.05, 3.63) is 94.3 Å². The second kappa shape index (κ2) is 8.67. The third-order valence-corrected chi connectivity index (χ3v) is 4.37. The van der Waals surface area contributed by atoms with Gasteiger partial charge in [0.2, 0.25) is 5.91 Å². The van der Waals surface area contributed by atoms with Crippen molar-refractivity contribution >= 4 is 40.6 Å². The minimum Gasteiger partial charge on any atom is -0.325 e. The SMILES string of the molecule is CC(=O)Nc1ccc(NC(=O)c2ccccc2C(=O)c2ccc(F)cc2)cc1Cl. The molecule has 3 aromatic rings. The van der Waals surface area contributed by atoms with E-state index in [2.05, 4.69) is 10.6 Å². The molecule has 5 nitrogen and oxygen atoms in total. The molecule has 0 unspecified atom stereocenters. The highest BCUT2D eigenvalue weighted by Crippen LogP contribution is 2.26. The largest absolute Gasteiger partial charge is 0.325 e. The number of amides is 2. The topological polar surface area (TPSA) is 75.3 Å². The third kappa shape index (κ3) is 4.86. The predicted molar refractivity (Wildman–Crippen MR) is 110 cm³/mol. The zero-order valence-corrected chi connectivity index (χ0v) is 16.1. The number of ketones is 1. The van der Waals surface area contributed by atoms with Gasteiger partial charge < -0.3 is 10.6 Å². The van der Waals surface area contributed by atoms with Crippen LogP contribution in [0, 0.1) is 5.82 Å². The first-order valence-electron chi connectivity index (χ1n) is 8.63. The molecule has 0 radical (unpaired) electrons. The highest BCUT2D eigenvalue weighted by atomic mass is 35.5. The molecule has 0 aliphatic heterocycles. The molecular weight excluding hydrogens is 395 g/mol. The van der Waals surface area contributed by atoms with Crippen LogP contribution in [-0.4, -0.2) is 17.6 Å². The lowest BCUT2D eigenvalue weighted by molar-refractivity contribution is -0.114. The molecule has 2 amide bonds. The monoisotopic (exact) mass is 410 g/mol. The van der Waals surface area contributed by atoms with E-state index in [0.29, 0.717) is 11.4 Å². The number of rotatable bonds is 5. The smallest absolute Gasteiger partial charge is 0.256 e. The Kier molecular flexibility index (Phi) is 6.04. The molecule has 3 rings (SSSR count).